The lowest BCUT2D eigenvalue weighted by molar-refractivity contribution is -0.142. The summed E-state index contributed by atoms with van der Waals surface area (Å²) in [6, 6.07) is 12.1. The minimum Gasteiger partial charge on any atom is -0.482 e. The van der Waals surface area contributed by atoms with Gasteiger partial charge >= 0.3 is 5.97 Å². The molecule has 27 heavy (non-hydrogen) atoms. The molecule has 0 fully saturated rings. The summed E-state index contributed by atoms with van der Waals surface area (Å²) in [5.41, 5.74) is 2.96. The van der Waals surface area contributed by atoms with Gasteiger partial charge < -0.3 is 20.1 Å². The van der Waals surface area contributed by atoms with E-state index in [1.165, 1.54) is 7.11 Å². The van der Waals surface area contributed by atoms with Crippen molar-refractivity contribution in [2.75, 3.05) is 25.6 Å². The molecular formula is C20H22N2O5. The molecule has 2 amide bonds. The molecule has 0 saturated carbocycles. The minimum atomic E-state index is -0.501. The molecule has 0 spiro atoms. The Bertz CT molecular complexity index is 828. The van der Waals surface area contributed by atoms with Crippen LogP contribution in [0.1, 0.15) is 21.5 Å². The molecule has 0 bridgehead atoms. The van der Waals surface area contributed by atoms with E-state index in [4.69, 9.17) is 4.74 Å². The Kier molecular flexibility index (Phi) is 6.93. The number of carbonyl (C=O) groups excluding carboxylic acids is 3. The fraction of sp³-hybridized carbons (Fsp3) is 0.250. The Hall–Kier alpha value is -3.35. The molecule has 2 aromatic carbocycles. The highest BCUT2D eigenvalue weighted by atomic mass is 16.6. The lowest BCUT2D eigenvalue weighted by Crippen LogP contribution is -2.32. The second-order valence-electron chi connectivity index (χ2n) is 6.00. The zero-order valence-electron chi connectivity index (χ0n) is 15.5. The minimum absolute atomic E-state index is 0.168. The third-order valence-electron chi connectivity index (χ3n) is 3.60. The summed E-state index contributed by atoms with van der Waals surface area (Å²) >= 11 is 0. The fourth-order valence-corrected chi connectivity index (χ4v) is 2.44. The summed E-state index contributed by atoms with van der Waals surface area (Å²) in [4.78, 5) is 35.3. The first-order valence-corrected chi connectivity index (χ1v) is 8.33. The Labute approximate surface area is 157 Å². The number of ether oxygens (including phenoxy) is 2. The predicted octanol–water partition coefficient (Wildman–Crippen LogP) is 2.22. The smallest absolute Gasteiger partial charge is 0.343 e. The lowest BCUT2D eigenvalue weighted by Gasteiger charge is -2.10. The number of amides is 2. The molecular weight excluding hydrogens is 348 g/mol. The number of hydrogen-bond acceptors (Lipinski definition) is 5. The lowest BCUT2D eigenvalue weighted by atomic mass is 10.1. The fourth-order valence-electron chi connectivity index (χ4n) is 2.44. The highest BCUT2D eigenvalue weighted by molar-refractivity contribution is 5.99. The van der Waals surface area contributed by atoms with Crippen molar-refractivity contribution in [1.29, 1.82) is 0 Å². The van der Waals surface area contributed by atoms with E-state index < -0.39 is 5.97 Å². The van der Waals surface area contributed by atoms with Crippen LogP contribution in [0.5, 0.6) is 5.75 Å². The average molecular weight is 370 g/mol. The maximum absolute atomic E-state index is 12.2. The van der Waals surface area contributed by atoms with E-state index in [-0.39, 0.29) is 25.0 Å². The number of benzene rings is 2. The van der Waals surface area contributed by atoms with E-state index in [1.54, 1.807) is 36.4 Å². The molecule has 0 aliphatic heterocycles. The SMILES string of the molecule is COC(=O)COc1cccc(NC(=O)CNC(=O)c2cc(C)cc(C)c2)c1. The van der Waals surface area contributed by atoms with Gasteiger partial charge in [-0.15, -0.1) is 0 Å². The van der Waals surface area contributed by atoms with Crippen molar-refractivity contribution >= 4 is 23.5 Å². The average Bonchev–Trinajstić information content (AvgIpc) is 2.63. The highest BCUT2D eigenvalue weighted by Gasteiger charge is 2.10. The van der Waals surface area contributed by atoms with Crippen LogP contribution in [0.15, 0.2) is 42.5 Å². The highest BCUT2D eigenvalue weighted by Crippen LogP contribution is 2.17. The van der Waals surface area contributed by atoms with Crippen molar-refractivity contribution < 1.29 is 23.9 Å². The third-order valence-corrected chi connectivity index (χ3v) is 3.60. The summed E-state index contributed by atoms with van der Waals surface area (Å²) < 4.78 is 9.76. The largest absolute Gasteiger partial charge is 0.482 e. The Balaban J connectivity index is 1.88. The van der Waals surface area contributed by atoms with Crippen molar-refractivity contribution in [1.82, 2.24) is 5.32 Å². The van der Waals surface area contributed by atoms with Crippen molar-refractivity contribution in [2.45, 2.75) is 13.8 Å². The molecule has 0 atom stereocenters. The third kappa shape index (κ3) is 6.47. The van der Waals surface area contributed by atoms with E-state index in [0.29, 0.717) is 17.0 Å². The Morgan fingerprint density at radius 1 is 1.00 bits per heavy atom. The van der Waals surface area contributed by atoms with E-state index in [0.717, 1.165) is 11.1 Å². The normalized spacial score (nSPS) is 10.0. The first kappa shape index (κ1) is 20.0. The molecule has 2 rings (SSSR count). The quantitative estimate of drug-likeness (QED) is 0.729. The predicted molar refractivity (Wildman–Crippen MR) is 101 cm³/mol. The standard InChI is InChI=1S/C20H22N2O5/c1-13-7-14(2)9-15(8-13)20(25)21-11-18(23)22-16-5-4-6-17(10-16)27-12-19(24)26-3/h4-10H,11-12H2,1-3H3,(H,21,25)(H,22,23). The molecule has 0 aliphatic rings. The van der Waals surface area contributed by atoms with Crippen molar-refractivity contribution in [2.24, 2.45) is 0 Å². The van der Waals surface area contributed by atoms with Gasteiger partial charge in [0.05, 0.1) is 13.7 Å². The molecule has 0 aromatic heterocycles. The van der Waals surface area contributed by atoms with E-state index >= 15 is 0 Å². The van der Waals surface area contributed by atoms with Crippen LogP contribution in [0.4, 0.5) is 5.69 Å². The van der Waals surface area contributed by atoms with Gasteiger partial charge in [-0.3, -0.25) is 9.59 Å². The number of hydrogen-bond donors (Lipinski definition) is 2. The van der Waals surface area contributed by atoms with E-state index in [2.05, 4.69) is 15.4 Å². The maximum Gasteiger partial charge on any atom is 0.343 e. The molecule has 0 unspecified atom stereocenters. The molecule has 0 saturated heterocycles. The molecule has 7 heteroatoms. The molecule has 2 aromatic rings. The zero-order valence-corrected chi connectivity index (χ0v) is 15.5. The summed E-state index contributed by atoms with van der Waals surface area (Å²) in [7, 11) is 1.27. The second-order valence-corrected chi connectivity index (χ2v) is 6.00. The van der Waals surface area contributed by atoms with Gasteiger partial charge in [0.2, 0.25) is 5.91 Å². The van der Waals surface area contributed by atoms with Crippen molar-refractivity contribution in [3.63, 3.8) is 0 Å². The number of nitrogens with one attached hydrogen (secondary N) is 2. The van der Waals surface area contributed by atoms with Gasteiger partial charge in [0, 0.05) is 17.3 Å². The molecule has 0 radical (unpaired) electrons. The van der Waals surface area contributed by atoms with Gasteiger partial charge in [0.25, 0.3) is 5.91 Å². The molecule has 142 valence electrons. The van der Waals surface area contributed by atoms with E-state index in [9.17, 15) is 14.4 Å². The van der Waals surface area contributed by atoms with Gasteiger partial charge in [0.1, 0.15) is 5.75 Å². The van der Waals surface area contributed by atoms with Crippen LogP contribution < -0.4 is 15.4 Å². The van der Waals surface area contributed by atoms with Gasteiger partial charge in [-0.25, -0.2) is 4.79 Å². The van der Waals surface area contributed by atoms with Crippen molar-refractivity contribution in [3.05, 3.63) is 59.2 Å². The van der Waals surface area contributed by atoms with Crippen LogP contribution in [0.25, 0.3) is 0 Å². The zero-order chi connectivity index (χ0) is 19.8. The summed E-state index contributed by atoms with van der Waals surface area (Å²) in [5.74, 6) is -0.777. The van der Waals surface area contributed by atoms with Crippen LogP contribution >= 0.6 is 0 Å². The molecule has 7 nitrogen and oxygen atoms in total. The summed E-state index contributed by atoms with van der Waals surface area (Å²) in [6.45, 7) is 3.43. The van der Waals surface area contributed by atoms with Gasteiger partial charge in [-0.1, -0.05) is 23.3 Å². The second kappa shape index (κ2) is 9.38. The maximum atomic E-state index is 12.2. The van der Waals surface area contributed by atoms with Crippen molar-refractivity contribution in [3.8, 4) is 5.75 Å². The number of carbonyl (C=O) groups is 3. The number of esters is 1. The van der Waals surface area contributed by atoms with Crippen LogP contribution in [0, 0.1) is 13.8 Å². The van der Waals surface area contributed by atoms with Crippen LogP contribution in [-0.2, 0) is 14.3 Å². The summed E-state index contributed by atoms with van der Waals surface area (Å²) in [5, 5.41) is 5.26. The summed E-state index contributed by atoms with van der Waals surface area (Å²) in [6.07, 6.45) is 0. The number of rotatable bonds is 7. The Morgan fingerprint density at radius 3 is 2.37 bits per heavy atom. The molecule has 0 aliphatic carbocycles. The number of anilines is 1. The Morgan fingerprint density at radius 2 is 1.70 bits per heavy atom. The number of methoxy groups -OCH3 is 1. The molecule has 0 heterocycles. The number of aryl methyl sites for hydroxylation is 2. The molecule has 2 N–H and O–H groups in total. The topological polar surface area (TPSA) is 93.7 Å². The van der Waals surface area contributed by atoms with Crippen LogP contribution in [-0.4, -0.2) is 38.0 Å². The van der Waals surface area contributed by atoms with Gasteiger partial charge in [-0.05, 0) is 38.1 Å². The first-order chi connectivity index (χ1) is 12.9. The first-order valence-electron chi connectivity index (χ1n) is 8.33. The van der Waals surface area contributed by atoms with Crippen LogP contribution in [0.2, 0.25) is 0 Å². The van der Waals surface area contributed by atoms with E-state index in [1.807, 2.05) is 19.9 Å². The monoisotopic (exact) mass is 370 g/mol. The van der Waals surface area contributed by atoms with Crippen LogP contribution in [0.3, 0.4) is 0 Å². The van der Waals surface area contributed by atoms with Gasteiger partial charge in [0.15, 0.2) is 6.61 Å². The van der Waals surface area contributed by atoms with Gasteiger partial charge in [-0.2, -0.15) is 0 Å².